The molecule has 1 aromatic carbocycles. The van der Waals surface area contributed by atoms with E-state index >= 15 is 0 Å². The van der Waals surface area contributed by atoms with Crippen molar-refractivity contribution in [2.75, 3.05) is 0 Å². The van der Waals surface area contributed by atoms with Crippen molar-refractivity contribution in [2.24, 2.45) is 0 Å². The largest absolute Gasteiger partial charge is 0.459 e. The summed E-state index contributed by atoms with van der Waals surface area (Å²) in [6.07, 6.45) is 0. The Kier molecular flexibility index (Phi) is 4.07. The van der Waals surface area contributed by atoms with Crippen molar-refractivity contribution in [1.29, 1.82) is 0 Å². The zero-order valence-corrected chi connectivity index (χ0v) is 15.5. The fraction of sp³-hybridized carbons (Fsp3) is 0.211. The highest BCUT2D eigenvalue weighted by Crippen LogP contribution is 2.32. The van der Waals surface area contributed by atoms with Crippen LogP contribution in [0.2, 0.25) is 0 Å². The summed E-state index contributed by atoms with van der Waals surface area (Å²) in [6.45, 7) is 3.35. The second-order valence-corrected chi connectivity index (χ2v) is 7.34. The Labute approximate surface area is 158 Å². The standard InChI is InChI=1S/C19H16FN3O3S/c1-11-7-8-15(26-11)16-21-12(10-27-16)9-23-17(24)19(2,22-18(23)25)13-5-3-4-6-14(13)20/h3-8,10H,9H2,1-2H3,(H,22,25). The van der Waals surface area contributed by atoms with Gasteiger partial charge in [-0.25, -0.2) is 14.2 Å². The number of amides is 3. The maximum atomic E-state index is 14.2. The van der Waals surface area contributed by atoms with Gasteiger partial charge in [-0.1, -0.05) is 18.2 Å². The number of benzene rings is 1. The van der Waals surface area contributed by atoms with Gasteiger partial charge in [0, 0.05) is 10.9 Å². The fourth-order valence-electron chi connectivity index (χ4n) is 3.09. The van der Waals surface area contributed by atoms with E-state index < -0.39 is 23.3 Å². The molecule has 1 fully saturated rings. The molecule has 27 heavy (non-hydrogen) atoms. The number of hydrogen-bond acceptors (Lipinski definition) is 5. The van der Waals surface area contributed by atoms with E-state index in [1.54, 1.807) is 11.4 Å². The lowest BCUT2D eigenvalue weighted by Gasteiger charge is -2.22. The monoisotopic (exact) mass is 385 g/mol. The predicted octanol–water partition coefficient (Wildman–Crippen LogP) is 3.82. The number of thiazole rings is 1. The van der Waals surface area contributed by atoms with Gasteiger partial charge in [0.1, 0.15) is 17.1 Å². The molecule has 2 aromatic heterocycles. The van der Waals surface area contributed by atoms with Crippen LogP contribution in [0.1, 0.15) is 23.9 Å². The Bertz CT molecular complexity index is 1040. The van der Waals surface area contributed by atoms with Crippen LogP contribution in [0.3, 0.4) is 0 Å². The third-order valence-electron chi connectivity index (χ3n) is 4.51. The van der Waals surface area contributed by atoms with Crippen LogP contribution in [-0.4, -0.2) is 21.8 Å². The van der Waals surface area contributed by atoms with Crippen LogP contribution in [0, 0.1) is 12.7 Å². The van der Waals surface area contributed by atoms with Crippen LogP contribution < -0.4 is 5.32 Å². The first-order valence-electron chi connectivity index (χ1n) is 8.29. The molecular weight excluding hydrogens is 369 g/mol. The van der Waals surface area contributed by atoms with Crippen LogP contribution in [0.25, 0.3) is 10.8 Å². The Morgan fingerprint density at radius 1 is 1.26 bits per heavy atom. The van der Waals surface area contributed by atoms with Crippen LogP contribution in [0.15, 0.2) is 46.2 Å². The molecule has 1 aliphatic rings. The lowest BCUT2D eigenvalue weighted by Crippen LogP contribution is -2.41. The van der Waals surface area contributed by atoms with E-state index in [1.807, 2.05) is 19.1 Å². The molecule has 3 heterocycles. The summed E-state index contributed by atoms with van der Waals surface area (Å²) < 4.78 is 19.7. The van der Waals surface area contributed by atoms with Gasteiger partial charge in [-0.05, 0) is 32.0 Å². The molecule has 0 radical (unpaired) electrons. The summed E-state index contributed by atoms with van der Waals surface area (Å²) in [5.74, 6) is 0.356. The van der Waals surface area contributed by atoms with Crippen LogP contribution in [0.4, 0.5) is 9.18 Å². The molecular formula is C19H16FN3O3S. The van der Waals surface area contributed by atoms with Crippen molar-refractivity contribution >= 4 is 23.3 Å². The molecule has 8 heteroatoms. The highest BCUT2D eigenvalue weighted by atomic mass is 32.1. The number of imide groups is 1. The Morgan fingerprint density at radius 2 is 2.04 bits per heavy atom. The second kappa shape index (κ2) is 6.31. The maximum Gasteiger partial charge on any atom is 0.325 e. The molecule has 1 N–H and O–H groups in total. The van der Waals surface area contributed by atoms with E-state index in [1.165, 1.54) is 36.5 Å². The Balaban J connectivity index is 1.59. The van der Waals surface area contributed by atoms with Crippen molar-refractivity contribution in [3.8, 4) is 10.8 Å². The third-order valence-corrected chi connectivity index (χ3v) is 5.42. The van der Waals surface area contributed by atoms with Crippen molar-refractivity contribution in [1.82, 2.24) is 15.2 Å². The first-order valence-corrected chi connectivity index (χ1v) is 9.17. The average molecular weight is 385 g/mol. The number of carbonyl (C=O) groups is 2. The molecule has 1 aliphatic heterocycles. The van der Waals surface area contributed by atoms with Crippen molar-refractivity contribution in [3.63, 3.8) is 0 Å². The Morgan fingerprint density at radius 3 is 2.74 bits per heavy atom. The molecule has 3 amide bonds. The van der Waals surface area contributed by atoms with Crippen LogP contribution in [-0.2, 0) is 16.9 Å². The van der Waals surface area contributed by atoms with Gasteiger partial charge in [0.2, 0.25) is 0 Å². The lowest BCUT2D eigenvalue weighted by molar-refractivity contribution is -0.131. The molecule has 0 aliphatic carbocycles. The van der Waals surface area contributed by atoms with Crippen LogP contribution >= 0.6 is 11.3 Å². The Hall–Kier alpha value is -3.00. The van der Waals surface area contributed by atoms with E-state index in [-0.39, 0.29) is 12.1 Å². The zero-order valence-electron chi connectivity index (χ0n) is 14.7. The number of hydrogen-bond donors (Lipinski definition) is 1. The number of rotatable bonds is 4. The van der Waals surface area contributed by atoms with Crippen molar-refractivity contribution < 1.29 is 18.4 Å². The minimum atomic E-state index is -1.45. The van der Waals surface area contributed by atoms with Gasteiger partial charge >= 0.3 is 6.03 Å². The molecule has 1 atom stereocenters. The van der Waals surface area contributed by atoms with E-state index in [0.29, 0.717) is 16.5 Å². The van der Waals surface area contributed by atoms with Gasteiger partial charge < -0.3 is 9.73 Å². The molecule has 3 aromatic rings. The normalized spacial score (nSPS) is 19.6. The summed E-state index contributed by atoms with van der Waals surface area (Å²) in [4.78, 5) is 30.8. The highest BCUT2D eigenvalue weighted by molar-refractivity contribution is 7.13. The minimum absolute atomic E-state index is 0.00486. The molecule has 6 nitrogen and oxygen atoms in total. The fourth-order valence-corrected chi connectivity index (χ4v) is 3.86. The summed E-state index contributed by atoms with van der Waals surface area (Å²) in [6, 6.07) is 9.01. The van der Waals surface area contributed by atoms with Crippen LogP contribution in [0.5, 0.6) is 0 Å². The molecule has 1 unspecified atom stereocenters. The summed E-state index contributed by atoms with van der Waals surface area (Å²) in [5, 5.41) is 5.04. The van der Waals surface area contributed by atoms with Gasteiger partial charge in [-0.3, -0.25) is 9.69 Å². The molecule has 0 bridgehead atoms. The van der Waals surface area contributed by atoms with Crippen molar-refractivity contribution in [3.05, 3.63) is 64.6 Å². The molecule has 4 rings (SSSR count). The number of nitrogens with one attached hydrogen (secondary N) is 1. The van der Waals surface area contributed by atoms with Gasteiger partial charge in [0.05, 0.1) is 12.2 Å². The third kappa shape index (κ3) is 2.91. The molecule has 1 saturated heterocycles. The first kappa shape index (κ1) is 17.4. The summed E-state index contributed by atoms with van der Waals surface area (Å²) in [7, 11) is 0. The van der Waals surface area contributed by atoms with E-state index in [4.69, 9.17) is 4.42 Å². The first-order chi connectivity index (χ1) is 12.9. The minimum Gasteiger partial charge on any atom is -0.459 e. The van der Waals surface area contributed by atoms with E-state index in [0.717, 1.165) is 10.7 Å². The predicted molar refractivity (Wildman–Crippen MR) is 97.4 cm³/mol. The van der Waals surface area contributed by atoms with Gasteiger partial charge in [-0.15, -0.1) is 11.3 Å². The molecule has 138 valence electrons. The van der Waals surface area contributed by atoms with Gasteiger partial charge in [0.15, 0.2) is 10.8 Å². The number of halogens is 1. The quantitative estimate of drug-likeness (QED) is 0.693. The number of aromatic nitrogens is 1. The van der Waals surface area contributed by atoms with Gasteiger partial charge in [-0.2, -0.15) is 0 Å². The number of nitrogens with zero attached hydrogens (tertiary/aromatic N) is 2. The van der Waals surface area contributed by atoms with E-state index in [9.17, 15) is 14.0 Å². The molecule has 0 saturated carbocycles. The number of aryl methyl sites for hydroxylation is 1. The lowest BCUT2D eigenvalue weighted by atomic mass is 9.91. The topological polar surface area (TPSA) is 75.4 Å². The second-order valence-electron chi connectivity index (χ2n) is 6.48. The maximum absolute atomic E-state index is 14.2. The summed E-state index contributed by atoms with van der Waals surface area (Å²) in [5.41, 5.74) is -0.749. The zero-order chi connectivity index (χ0) is 19.2. The number of urea groups is 1. The molecule has 0 spiro atoms. The average Bonchev–Trinajstić information content (AvgIpc) is 3.32. The SMILES string of the molecule is Cc1ccc(-c2nc(CN3C(=O)NC(C)(c4ccccc4F)C3=O)cs2)o1. The van der Waals surface area contributed by atoms with E-state index in [2.05, 4.69) is 10.3 Å². The number of furan rings is 1. The van der Waals surface area contributed by atoms with Crippen molar-refractivity contribution in [2.45, 2.75) is 25.9 Å². The number of carbonyl (C=O) groups excluding carboxylic acids is 2. The van der Waals surface area contributed by atoms with Gasteiger partial charge in [0.25, 0.3) is 5.91 Å². The smallest absolute Gasteiger partial charge is 0.325 e. The highest BCUT2D eigenvalue weighted by Gasteiger charge is 2.50. The summed E-state index contributed by atoms with van der Waals surface area (Å²) >= 11 is 1.37.